The third kappa shape index (κ3) is 5.10. The second kappa shape index (κ2) is 9.17. The number of amides is 1. The van der Waals surface area contributed by atoms with E-state index in [1.807, 2.05) is 12.1 Å². The molecular weight excluding hydrogens is 451 g/mol. The van der Waals surface area contributed by atoms with Crippen LogP contribution in [0.4, 0.5) is 11.4 Å². The molecule has 0 fully saturated rings. The van der Waals surface area contributed by atoms with Crippen LogP contribution in [-0.2, 0) is 0 Å². The number of hydrogen-bond acceptors (Lipinski definition) is 4. The standard InChI is InChI=1S/C21H13Cl3N2O4/c22-14-6-3-12(4-7-14)1-2-13-5-8-19(26(29)30)18(9-13)25-21(28)16-10-15(23)11-17(24)20(16)27/h1-11,27H,(H,25,28)/b2-1-. The minimum absolute atomic E-state index is 0.0428. The third-order valence-corrected chi connectivity index (χ3v) is 4.83. The molecule has 0 saturated heterocycles. The molecular formula is C21H13Cl3N2O4. The van der Waals surface area contributed by atoms with Crippen molar-refractivity contribution in [2.75, 3.05) is 5.32 Å². The first-order valence-corrected chi connectivity index (χ1v) is 9.59. The van der Waals surface area contributed by atoms with Crippen molar-refractivity contribution in [2.24, 2.45) is 0 Å². The molecule has 0 unspecified atom stereocenters. The van der Waals surface area contributed by atoms with E-state index in [0.29, 0.717) is 10.6 Å². The van der Waals surface area contributed by atoms with Gasteiger partial charge in [-0.2, -0.15) is 0 Å². The van der Waals surface area contributed by atoms with Crippen LogP contribution in [0.3, 0.4) is 0 Å². The Morgan fingerprint density at radius 1 is 0.933 bits per heavy atom. The van der Waals surface area contributed by atoms with Gasteiger partial charge in [0.1, 0.15) is 11.4 Å². The molecule has 6 nitrogen and oxygen atoms in total. The largest absolute Gasteiger partial charge is 0.506 e. The zero-order valence-electron chi connectivity index (χ0n) is 15.1. The van der Waals surface area contributed by atoms with Gasteiger partial charge in [0.2, 0.25) is 0 Å². The summed E-state index contributed by atoms with van der Waals surface area (Å²) in [5.74, 6) is -1.26. The van der Waals surface area contributed by atoms with E-state index in [0.717, 1.165) is 5.56 Å². The van der Waals surface area contributed by atoms with Gasteiger partial charge < -0.3 is 10.4 Å². The third-order valence-electron chi connectivity index (χ3n) is 4.08. The van der Waals surface area contributed by atoms with Crippen LogP contribution in [0.2, 0.25) is 15.1 Å². The number of phenolic OH excluding ortho intramolecular Hbond substituents is 1. The molecule has 0 bridgehead atoms. The number of carbonyl (C=O) groups is 1. The number of anilines is 1. The highest BCUT2D eigenvalue weighted by Gasteiger charge is 2.20. The highest BCUT2D eigenvalue weighted by molar-refractivity contribution is 6.36. The average molecular weight is 464 g/mol. The number of hydrogen-bond donors (Lipinski definition) is 2. The summed E-state index contributed by atoms with van der Waals surface area (Å²) in [6.45, 7) is 0. The fourth-order valence-electron chi connectivity index (χ4n) is 2.61. The van der Waals surface area contributed by atoms with E-state index in [4.69, 9.17) is 34.8 Å². The van der Waals surface area contributed by atoms with Crippen LogP contribution in [0.5, 0.6) is 5.75 Å². The number of nitro groups is 1. The van der Waals surface area contributed by atoms with Crippen LogP contribution in [0, 0.1) is 10.1 Å². The zero-order valence-corrected chi connectivity index (χ0v) is 17.4. The Hall–Kier alpha value is -3.06. The molecule has 0 saturated carbocycles. The molecule has 3 rings (SSSR count). The lowest BCUT2D eigenvalue weighted by Gasteiger charge is -2.10. The lowest BCUT2D eigenvalue weighted by Crippen LogP contribution is -2.13. The van der Waals surface area contributed by atoms with Crippen molar-refractivity contribution in [2.45, 2.75) is 0 Å². The van der Waals surface area contributed by atoms with Crippen LogP contribution < -0.4 is 5.32 Å². The monoisotopic (exact) mass is 462 g/mol. The second-order valence-corrected chi connectivity index (χ2v) is 7.44. The van der Waals surface area contributed by atoms with Gasteiger partial charge in [-0.25, -0.2) is 0 Å². The summed E-state index contributed by atoms with van der Waals surface area (Å²) in [6, 6.07) is 13.9. The first kappa shape index (κ1) is 21.6. The van der Waals surface area contributed by atoms with Crippen LogP contribution >= 0.6 is 34.8 Å². The number of nitro benzene ring substituents is 1. The summed E-state index contributed by atoms with van der Waals surface area (Å²) in [7, 11) is 0. The predicted molar refractivity (Wildman–Crippen MR) is 120 cm³/mol. The van der Waals surface area contributed by atoms with Gasteiger partial charge in [-0.3, -0.25) is 14.9 Å². The normalized spacial score (nSPS) is 10.9. The van der Waals surface area contributed by atoms with Gasteiger partial charge in [-0.15, -0.1) is 0 Å². The maximum atomic E-state index is 12.6. The van der Waals surface area contributed by atoms with E-state index >= 15 is 0 Å². The molecule has 0 aromatic heterocycles. The Morgan fingerprint density at radius 2 is 1.57 bits per heavy atom. The van der Waals surface area contributed by atoms with Crippen LogP contribution in [-0.4, -0.2) is 15.9 Å². The van der Waals surface area contributed by atoms with Crippen molar-refractivity contribution in [3.05, 3.63) is 96.5 Å². The SMILES string of the molecule is O=C(Nc1cc(/C=C\c2ccc(Cl)cc2)ccc1[N+](=O)[O-])c1cc(Cl)cc(Cl)c1O. The fraction of sp³-hybridized carbons (Fsp3) is 0. The highest BCUT2D eigenvalue weighted by atomic mass is 35.5. The van der Waals surface area contributed by atoms with E-state index in [-0.39, 0.29) is 27.0 Å². The molecule has 0 aliphatic rings. The second-order valence-electron chi connectivity index (χ2n) is 6.16. The van der Waals surface area contributed by atoms with Crippen molar-refractivity contribution >= 4 is 64.2 Å². The van der Waals surface area contributed by atoms with Crippen molar-refractivity contribution in [3.63, 3.8) is 0 Å². The molecule has 1 amide bonds. The number of phenols is 1. The molecule has 3 aromatic rings. The number of nitrogens with zero attached hydrogens (tertiary/aromatic N) is 1. The summed E-state index contributed by atoms with van der Waals surface area (Å²) < 4.78 is 0. The molecule has 9 heteroatoms. The number of carbonyl (C=O) groups excluding carboxylic acids is 1. The van der Waals surface area contributed by atoms with E-state index in [1.54, 1.807) is 30.4 Å². The van der Waals surface area contributed by atoms with Gasteiger partial charge in [0, 0.05) is 16.1 Å². The number of aromatic hydroxyl groups is 1. The van der Waals surface area contributed by atoms with Crippen molar-refractivity contribution in [1.82, 2.24) is 0 Å². The van der Waals surface area contributed by atoms with Gasteiger partial charge in [-0.05, 0) is 47.5 Å². The summed E-state index contributed by atoms with van der Waals surface area (Å²) in [4.78, 5) is 23.3. The van der Waals surface area contributed by atoms with Gasteiger partial charge in [-0.1, -0.05) is 59.1 Å². The summed E-state index contributed by atoms with van der Waals surface area (Å²) in [6.07, 6.45) is 3.53. The molecule has 0 spiro atoms. The summed E-state index contributed by atoms with van der Waals surface area (Å²) in [5.41, 5.74) is 0.934. The number of rotatable bonds is 5. The van der Waals surface area contributed by atoms with Crippen molar-refractivity contribution < 1.29 is 14.8 Å². The molecule has 0 aliphatic heterocycles. The van der Waals surface area contributed by atoms with Crippen LogP contribution in [0.1, 0.15) is 21.5 Å². The summed E-state index contributed by atoms with van der Waals surface area (Å²) in [5, 5.41) is 24.5. The minimum Gasteiger partial charge on any atom is -0.506 e. The van der Waals surface area contributed by atoms with E-state index in [1.165, 1.54) is 24.3 Å². The Balaban J connectivity index is 1.93. The highest BCUT2D eigenvalue weighted by Crippen LogP contribution is 2.33. The number of halogens is 3. The topological polar surface area (TPSA) is 92.5 Å². The lowest BCUT2D eigenvalue weighted by molar-refractivity contribution is -0.383. The van der Waals surface area contributed by atoms with Crippen molar-refractivity contribution in [3.8, 4) is 5.75 Å². The van der Waals surface area contributed by atoms with E-state index in [9.17, 15) is 20.0 Å². The van der Waals surface area contributed by atoms with Gasteiger partial charge in [0.05, 0.1) is 15.5 Å². The first-order chi connectivity index (χ1) is 14.2. The fourth-order valence-corrected chi connectivity index (χ4v) is 3.23. The molecule has 30 heavy (non-hydrogen) atoms. The Bertz CT molecular complexity index is 1160. The molecule has 3 aromatic carbocycles. The van der Waals surface area contributed by atoms with Crippen LogP contribution in [0.15, 0.2) is 54.6 Å². The van der Waals surface area contributed by atoms with Crippen LogP contribution in [0.25, 0.3) is 12.2 Å². The first-order valence-electron chi connectivity index (χ1n) is 8.46. The molecule has 0 atom stereocenters. The molecule has 0 heterocycles. The quantitative estimate of drug-likeness (QED) is 0.251. The summed E-state index contributed by atoms with van der Waals surface area (Å²) >= 11 is 17.6. The number of benzene rings is 3. The predicted octanol–water partition coefficient (Wildman–Crippen LogP) is 6.68. The van der Waals surface area contributed by atoms with Gasteiger partial charge in [0.15, 0.2) is 0 Å². The average Bonchev–Trinajstić information content (AvgIpc) is 2.70. The van der Waals surface area contributed by atoms with Gasteiger partial charge in [0.25, 0.3) is 11.6 Å². The van der Waals surface area contributed by atoms with E-state index in [2.05, 4.69) is 5.32 Å². The smallest absolute Gasteiger partial charge is 0.292 e. The molecule has 2 N–H and O–H groups in total. The maximum absolute atomic E-state index is 12.6. The molecule has 152 valence electrons. The molecule has 0 aliphatic carbocycles. The Labute approximate surface area is 186 Å². The van der Waals surface area contributed by atoms with Crippen molar-refractivity contribution in [1.29, 1.82) is 0 Å². The van der Waals surface area contributed by atoms with Gasteiger partial charge >= 0.3 is 0 Å². The Kier molecular flexibility index (Phi) is 6.62. The maximum Gasteiger partial charge on any atom is 0.292 e. The zero-order chi connectivity index (χ0) is 21.8. The molecule has 0 radical (unpaired) electrons. The lowest BCUT2D eigenvalue weighted by atomic mass is 10.1. The van der Waals surface area contributed by atoms with E-state index < -0.39 is 16.6 Å². The minimum atomic E-state index is -0.793. The number of nitrogens with one attached hydrogen (secondary N) is 1. The Morgan fingerprint density at radius 3 is 2.23 bits per heavy atom.